The zero-order chi connectivity index (χ0) is 11.3. The maximum Gasteiger partial charge on any atom is 0.239 e. The van der Waals surface area contributed by atoms with Gasteiger partial charge >= 0.3 is 0 Å². The molecule has 0 aromatic rings. The lowest BCUT2D eigenvalue weighted by Crippen LogP contribution is -2.43. The lowest BCUT2D eigenvalue weighted by molar-refractivity contribution is -0.135. The fourth-order valence-electron chi connectivity index (χ4n) is 1.96. The van der Waals surface area contributed by atoms with Crippen LogP contribution >= 0.6 is 0 Å². The number of aliphatic hydroxyl groups is 1. The van der Waals surface area contributed by atoms with Gasteiger partial charge in [-0.2, -0.15) is 5.26 Å². The quantitative estimate of drug-likeness (QED) is 0.748. The van der Waals surface area contributed by atoms with Crippen LogP contribution in [-0.4, -0.2) is 35.6 Å². The molecule has 0 aromatic heterocycles. The molecule has 1 aliphatic heterocycles. The van der Waals surface area contributed by atoms with Gasteiger partial charge in [-0.1, -0.05) is 6.92 Å². The van der Waals surface area contributed by atoms with E-state index in [1.165, 1.54) is 0 Å². The van der Waals surface area contributed by atoms with E-state index in [4.69, 9.17) is 10.4 Å². The van der Waals surface area contributed by atoms with Gasteiger partial charge in [0.25, 0.3) is 0 Å². The summed E-state index contributed by atoms with van der Waals surface area (Å²) in [6, 6.07) is 2.03. The number of hydrogen-bond donors (Lipinski definition) is 1. The molecule has 0 saturated carbocycles. The van der Waals surface area contributed by atoms with Crippen molar-refractivity contribution in [3.05, 3.63) is 0 Å². The number of rotatable bonds is 3. The van der Waals surface area contributed by atoms with Crippen LogP contribution in [0.5, 0.6) is 0 Å². The minimum Gasteiger partial charge on any atom is -0.396 e. The van der Waals surface area contributed by atoms with E-state index in [1.54, 1.807) is 4.90 Å². The summed E-state index contributed by atoms with van der Waals surface area (Å²) >= 11 is 0. The van der Waals surface area contributed by atoms with E-state index in [-0.39, 0.29) is 18.4 Å². The van der Waals surface area contributed by atoms with Gasteiger partial charge in [0.1, 0.15) is 5.92 Å². The van der Waals surface area contributed by atoms with E-state index in [0.717, 1.165) is 19.4 Å². The molecule has 1 amide bonds. The van der Waals surface area contributed by atoms with E-state index >= 15 is 0 Å². The molecule has 0 aromatic carbocycles. The van der Waals surface area contributed by atoms with Crippen molar-refractivity contribution >= 4 is 5.91 Å². The SMILES string of the molecule is CCC(C#N)C(=O)N1CCCC(CO)C1. The zero-order valence-corrected chi connectivity index (χ0v) is 9.15. The number of carbonyl (C=O) groups is 1. The molecule has 0 bridgehead atoms. The van der Waals surface area contributed by atoms with Gasteiger partial charge in [0.05, 0.1) is 6.07 Å². The second-order valence-electron chi connectivity index (χ2n) is 4.07. The highest BCUT2D eigenvalue weighted by Gasteiger charge is 2.27. The first kappa shape index (κ1) is 12.0. The van der Waals surface area contributed by atoms with E-state index in [2.05, 4.69) is 0 Å². The van der Waals surface area contributed by atoms with Gasteiger partial charge in [-0.15, -0.1) is 0 Å². The van der Waals surface area contributed by atoms with E-state index < -0.39 is 5.92 Å². The van der Waals surface area contributed by atoms with Crippen LogP contribution in [0.1, 0.15) is 26.2 Å². The maximum atomic E-state index is 11.8. The largest absolute Gasteiger partial charge is 0.396 e. The summed E-state index contributed by atoms with van der Waals surface area (Å²) in [4.78, 5) is 13.6. The molecule has 1 fully saturated rings. The lowest BCUT2D eigenvalue weighted by atomic mass is 9.97. The molecule has 1 heterocycles. The summed E-state index contributed by atoms with van der Waals surface area (Å²) in [5, 5.41) is 17.8. The monoisotopic (exact) mass is 210 g/mol. The zero-order valence-electron chi connectivity index (χ0n) is 9.15. The Morgan fingerprint density at radius 1 is 1.73 bits per heavy atom. The fourth-order valence-corrected chi connectivity index (χ4v) is 1.96. The molecule has 2 unspecified atom stereocenters. The summed E-state index contributed by atoms with van der Waals surface area (Å²) in [6.07, 6.45) is 2.47. The highest BCUT2D eigenvalue weighted by Crippen LogP contribution is 2.18. The lowest BCUT2D eigenvalue weighted by Gasteiger charge is -2.32. The van der Waals surface area contributed by atoms with E-state index in [0.29, 0.717) is 13.0 Å². The van der Waals surface area contributed by atoms with E-state index in [9.17, 15) is 4.79 Å². The molecule has 0 radical (unpaired) electrons. The third kappa shape index (κ3) is 2.93. The Bertz CT molecular complexity index is 260. The Balaban J connectivity index is 2.56. The summed E-state index contributed by atoms with van der Waals surface area (Å²) < 4.78 is 0. The summed E-state index contributed by atoms with van der Waals surface area (Å²) in [5.41, 5.74) is 0. The number of hydrogen-bond acceptors (Lipinski definition) is 3. The first-order valence-electron chi connectivity index (χ1n) is 5.52. The molecule has 2 atom stereocenters. The number of amides is 1. The van der Waals surface area contributed by atoms with Crippen molar-refractivity contribution in [3.8, 4) is 6.07 Å². The van der Waals surface area contributed by atoms with Crippen molar-refractivity contribution in [2.45, 2.75) is 26.2 Å². The van der Waals surface area contributed by atoms with Crippen LogP contribution in [0.2, 0.25) is 0 Å². The van der Waals surface area contributed by atoms with Crippen LogP contribution in [-0.2, 0) is 4.79 Å². The van der Waals surface area contributed by atoms with Gasteiger partial charge in [-0.05, 0) is 25.2 Å². The van der Waals surface area contributed by atoms with Crippen molar-refractivity contribution in [1.29, 1.82) is 5.26 Å². The Kier molecular flexibility index (Phi) is 4.57. The minimum atomic E-state index is -0.512. The molecule has 84 valence electrons. The van der Waals surface area contributed by atoms with Crippen molar-refractivity contribution in [1.82, 2.24) is 4.90 Å². The van der Waals surface area contributed by atoms with Gasteiger partial charge in [-0.3, -0.25) is 4.79 Å². The Labute approximate surface area is 90.5 Å². The van der Waals surface area contributed by atoms with Crippen LogP contribution < -0.4 is 0 Å². The van der Waals surface area contributed by atoms with Gasteiger partial charge < -0.3 is 10.0 Å². The van der Waals surface area contributed by atoms with Crippen LogP contribution in [0.15, 0.2) is 0 Å². The number of nitriles is 1. The standard InChI is InChI=1S/C11H18N2O2/c1-2-10(6-12)11(15)13-5-3-4-9(7-13)8-14/h9-10,14H,2-5,7-8H2,1H3. The first-order valence-corrected chi connectivity index (χ1v) is 5.52. The molecule has 1 saturated heterocycles. The van der Waals surface area contributed by atoms with Crippen LogP contribution in [0.25, 0.3) is 0 Å². The van der Waals surface area contributed by atoms with Crippen LogP contribution in [0.3, 0.4) is 0 Å². The molecule has 1 aliphatic rings. The normalized spacial score (nSPS) is 23.3. The van der Waals surface area contributed by atoms with Crippen molar-refractivity contribution < 1.29 is 9.90 Å². The molecule has 0 aliphatic carbocycles. The minimum absolute atomic E-state index is 0.0712. The maximum absolute atomic E-state index is 11.8. The number of likely N-dealkylation sites (tertiary alicyclic amines) is 1. The predicted molar refractivity (Wildman–Crippen MR) is 55.8 cm³/mol. The molecule has 15 heavy (non-hydrogen) atoms. The number of piperidine rings is 1. The smallest absolute Gasteiger partial charge is 0.239 e. The average molecular weight is 210 g/mol. The number of nitrogens with zero attached hydrogens (tertiary/aromatic N) is 2. The number of aliphatic hydroxyl groups excluding tert-OH is 1. The Morgan fingerprint density at radius 2 is 2.47 bits per heavy atom. The van der Waals surface area contributed by atoms with Gasteiger partial charge in [0.15, 0.2) is 0 Å². The Hall–Kier alpha value is -1.08. The molecule has 1 N–H and O–H groups in total. The number of carbonyl (C=O) groups excluding carboxylic acids is 1. The molecule has 1 rings (SSSR count). The van der Waals surface area contributed by atoms with Crippen molar-refractivity contribution in [2.75, 3.05) is 19.7 Å². The molecular formula is C11H18N2O2. The van der Waals surface area contributed by atoms with Gasteiger partial charge in [0.2, 0.25) is 5.91 Å². The second-order valence-corrected chi connectivity index (χ2v) is 4.07. The van der Waals surface area contributed by atoms with Crippen molar-refractivity contribution in [3.63, 3.8) is 0 Å². The summed E-state index contributed by atoms with van der Waals surface area (Å²) in [7, 11) is 0. The average Bonchev–Trinajstić information content (AvgIpc) is 2.30. The molecule has 4 heteroatoms. The highest BCUT2D eigenvalue weighted by atomic mass is 16.3. The second kappa shape index (κ2) is 5.72. The third-order valence-electron chi connectivity index (χ3n) is 2.95. The van der Waals surface area contributed by atoms with Gasteiger partial charge in [0, 0.05) is 19.7 Å². The van der Waals surface area contributed by atoms with Crippen LogP contribution in [0.4, 0.5) is 0 Å². The first-order chi connectivity index (χ1) is 7.22. The topological polar surface area (TPSA) is 64.3 Å². The molecular weight excluding hydrogens is 192 g/mol. The van der Waals surface area contributed by atoms with Crippen molar-refractivity contribution in [2.24, 2.45) is 11.8 Å². The highest BCUT2D eigenvalue weighted by molar-refractivity contribution is 5.81. The third-order valence-corrected chi connectivity index (χ3v) is 2.95. The predicted octanol–water partition coefficient (Wildman–Crippen LogP) is 0.767. The molecule has 4 nitrogen and oxygen atoms in total. The van der Waals surface area contributed by atoms with Crippen LogP contribution in [0, 0.1) is 23.2 Å². The van der Waals surface area contributed by atoms with E-state index in [1.807, 2.05) is 13.0 Å². The Morgan fingerprint density at radius 3 is 3.00 bits per heavy atom. The summed E-state index contributed by atoms with van der Waals surface area (Å²) in [6.45, 7) is 3.31. The molecule has 0 spiro atoms. The van der Waals surface area contributed by atoms with Gasteiger partial charge in [-0.25, -0.2) is 0 Å². The fraction of sp³-hybridized carbons (Fsp3) is 0.818. The summed E-state index contributed by atoms with van der Waals surface area (Å²) in [5.74, 6) is -0.389.